The topological polar surface area (TPSA) is 61.0 Å². The van der Waals surface area contributed by atoms with Gasteiger partial charge in [-0.15, -0.1) is 0 Å². The largest absolute Gasteiger partial charge is 0.349 e. The first-order valence-electron chi connectivity index (χ1n) is 7.61. The minimum absolute atomic E-state index is 0.0168. The second-order valence-corrected chi connectivity index (χ2v) is 6.30. The van der Waals surface area contributed by atoms with Crippen LogP contribution in [0.25, 0.3) is 11.1 Å². The summed E-state index contributed by atoms with van der Waals surface area (Å²) in [6.07, 6.45) is 0. The van der Waals surface area contributed by atoms with Crippen LogP contribution in [0, 0.1) is 13.8 Å². The first-order valence-corrected chi connectivity index (χ1v) is 7.61. The third kappa shape index (κ3) is 2.08. The van der Waals surface area contributed by atoms with Gasteiger partial charge in [0.1, 0.15) is 5.66 Å². The Labute approximate surface area is 130 Å². The molecule has 0 unspecified atom stereocenters. The highest BCUT2D eigenvalue weighted by molar-refractivity contribution is 6.03. The van der Waals surface area contributed by atoms with Crippen molar-refractivity contribution in [2.24, 2.45) is 0 Å². The average molecular weight is 298 g/mol. The molecule has 0 atom stereocenters. The van der Waals surface area contributed by atoms with Crippen LogP contribution in [-0.4, -0.2) is 28.3 Å². The molecule has 2 aromatic rings. The van der Waals surface area contributed by atoms with Gasteiger partial charge >= 0.3 is 0 Å². The SMILES string of the molecule is CCN1c2cc(-c3c(C)n[nH]c3C)ccc2C(=O)NC1(C)C. The molecule has 0 bridgehead atoms. The Morgan fingerprint density at radius 2 is 2.00 bits per heavy atom. The number of rotatable bonds is 2. The van der Waals surface area contributed by atoms with Crippen LogP contribution in [-0.2, 0) is 0 Å². The molecule has 1 aromatic carbocycles. The molecule has 2 heterocycles. The number of anilines is 1. The highest BCUT2D eigenvalue weighted by atomic mass is 16.2. The number of amides is 1. The van der Waals surface area contributed by atoms with E-state index in [0.717, 1.165) is 40.3 Å². The molecular formula is C17H22N4O. The number of fused-ring (bicyclic) bond motifs is 1. The number of carbonyl (C=O) groups is 1. The first-order chi connectivity index (χ1) is 10.3. The lowest BCUT2D eigenvalue weighted by Crippen LogP contribution is -2.60. The monoisotopic (exact) mass is 298 g/mol. The van der Waals surface area contributed by atoms with Crippen molar-refractivity contribution in [3.05, 3.63) is 35.2 Å². The molecule has 0 saturated carbocycles. The molecule has 3 rings (SSSR count). The van der Waals surface area contributed by atoms with Crippen LogP contribution in [0.4, 0.5) is 5.69 Å². The Morgan fingerprint density at radius 1 is 1.27 bits per heavy atom. The number of H-pyrrole nitrogens is 1. The van der Waals surface area contributed by atoms with Crippen LogP contribution in [0.3, 0.4) is 0 Å². The van der Waals surface area contributed by atoms with Crippen LogP contribution < -0.4 is 10.2 Å². The van der Waals surface area contributed by atoms with Gasteiger partial charge in [-0.25, -0.2) is 0 Å². The van der Waals surface area contributed by atoms with E-state index < -0.39 is 5.66 Å². The van der Waals surface area contributed by atoms with Crippen molar-refractivity contribution in [1.82, 2.24) is 15.5 Å². The van der Waals surface area contributed by atoms with Crippen LogP contribution >= 0.6 is 0 Å². The van der Waals surface area contributed by atoms with Gasteiger partial charge in [0.15, 0.2) is 0 Å². The van der Waals surface area contributed by atoms with Crippen molar-refractivity contribution in [3.63, 3.8) is 0 Å². The van der Waals surface area contributed by atoms with Gasteiger partial charge in [-0.2, -0.15) is 5.10 Å². The molecule has 0 radical (unpaired) electrons. The molecule has 1 amide bonds. The second kappa shape index (κ2) is 4.87. The van der Waals surface area contributed by atoms with E-state index in [9.17, 15) is 4.79 Å². The van der Waals surface area contributed by atoms with Crippen molar-refractivity contribution in [2.75, 3.05) is 11.4 Å². The number of aryl methyl sites for hydroxylation is 2. The van der Waals surface area contributed by atoms with Gasteiger partial charge in [0.2, 0.25) is 0 Å². The normalized spacial score (nSPS) is 16.4. The van der Waals surface area contributed by atoms with E-state index in [-0.39, 0.29) is 5.91 Å². The summed E-state index contributed by atoms with van der Waals surface area (Å²) in [5, 5.41) is 10.4. The number of carbonyl (C=O) groups excluding carboxylic acids is 1. The van der Waals surface area contributed by atoms with Gasteiger partial charge in [0.25, 0.3) is 5.91 Å². The predicted molar refractivity (Wildman–Crippen MR) is 88.1 cm³/mol. The van der Waals surface area contributed by atoms with E-state index >= 15 is 0 Å². The molecular weight excluding hydrogens is 276 g/mol. The zero-order valence-corrected chi connectivity index (χ0v) is 13.7. The van der Waals surface area contributed by atoms with Gasteiger partial charge in [0, 0.05) is 17.8 Å². The number of nitrogens with zero attached hydrogens (tertiary/aromatic N) is 2. The average Bonchev–Trinajstić information content (AvgIpc) is 2.77. The summed E-state index contributed by atoms with van der Waals surface area (Å²) in [6, 6.07) is 6.00. The van der Waals surface area contributed by atoms with Crippen molar-refractivity contribution >= 4 is 11.6 Å². The lowest BCUT2D eigenvalue weighted by Gasteiger charge is -2.44. The standard InChI is InChI=1S/C17H22N4O/c1-6-21-14-9-12(15-10(2)19-20-11(15)3)7-8-13(14)16(22)18-17(21,4)5/h7-9H,6H2,1-5H3,(H,18,22)(H,19,20). The van der Waals surface area contributed by atoms with Crippen LogP contribution in [0.5, 0.6) is 0 Å². The molecule has 0 saturated heterocycles. The third-order valence-electron chi connectivity index (χ3n) is 4.36. The van der Waals surface area contributed by atoms with E-state index in [0.29, 0.717) is 0 Å². The molecule has 0 aliphatic carbocycles. The molecule has 2 N–H and O–H groups in total. The number of aromatic amines is 1. The van der Waals surface area contributed by atoms with Gasteiger partial charge in [-0.05, 0) is 52.3 Å². The van der Waals surface area contributed by atoms with Gasteiger partial charge in [-0.1, -0.05) is 6.07 Å². The fourth-order valence-electron chi connectivity index (χ4n) is 3.36. The van der Waals surface area contributed by atoms with E-state index in [1.165, 1.54) is 0 Å². The quantitative estimate of drug-likeness (QED) is 0.896. The maximum Gasteiger partial charge on any atom is 0.255 e. The molecule has 116 valence electrons. The summed E-state index contributed by atoms with van der Waals surface area (Å²) < 4.78 is 0. The summed E-state index contributed by atoms with van der Waals surface area (Å²) in [4.78, 5) is 14.6. The number of hydrogen-bond acceptors (Lipinski definition) is 3. The zero-order valence-electron chi connectivity index (χ0n) is 13.7. The Balaban J connectivity index is 2.19. The highest BCUT2D eigenvalue weighted by Crippen LogP contribution is 2.36. The number of nitrogens with one attached hydrogen (secondary N) is 2. The minimum Gasteiger partial charge on any atom is -0.349 e. The highest BCUT2D eigenvalue weighted by Gasteiger charge is 2.35. The van der Waals surface area contributed by atoms with Crippen LogP contribution in [0.1, 0.15) is 42.5 Å². The van der Waals surface area contributed by atoms with Gasteiger partial charge in [-0.3, -0.25) is 9.89 Å². The Bertz CT molecular complexity index is 726. The van der Waals surface area contributed by atoms with E-state index in [1.807, 2.05) is 39.8 Å². The number of hydrogen-bond donors (Lipinski definition) is 2. The molecule has 5 heteroatoms. The molecule has 1 aliphatic rings. The fraction of sp³-hybridized carbons (Fsp3) is 0.412. The lowest BCUT2D eigenvalue weighted by atomic mass is 9.96. The molecule has 1 aliphatic heterocycles. The molecule has 0 spiro atoms. The third-order valence-corrected chi connectivity index (χ3v) is 4.36. The van der Waals surface area contributed by atoms with Crippen LogP contribution in [0.15, 0.2) is 18.2 Å². The summed E-state index contributed by atoms with van der Waals surface area (Å²) >= 11 is 0. The number of aromatic nitrogens is 2. The Kier molecular flexibility index (Phi) is 3.24. The van der Waals surface area contributed by atoms with E-state index in [2.05, 4.69) is 33.4 Å². The zero-order chi connectivity index (χ0) is 16.1. The predicted octanol–water partition coefficient (Wildman–Crippen LogP) is 3.00. The number of benzene rings is 1. The van der Waals surface area contributed by atoms with Gasteiger partial charge in [0.05, 0.1) is 16.9 Å². The van der Waals surface area contributed by atoms with Crippen molar-refractivity contribution in [2.45, 2.75) is 40.3 Å². The van der Waals surface area contributed by atoms with Crippen molar-refractivity contribution in [1.29, 1.82) is 0 Å². The smallest absolute Gasteiger partial charge is 0.255 e. The van der Waals surface area contributed by atoms with Gasteiger partial charge < -0.3 is 10.2 Å². The lowest BCUT2D eigenvalue weighted by molar-refractivity contribution is 0.0898. The maximum absolute atomic E-state index is 12.3. The maximum atomic E-state index is 12.3. The summed E-state index contributed by atoms with van der Waals surface area (Å²) in [7, 11) is 0. The molecule has 0 fully saturated rings. The summed E-state index contributed by atoms with van der Waals surface area (Å²) in [6.45, 7) is 11.0. The first kappa shape index (κ1) is 14.6. The Hall–Kier alpha value is -2.30. The van der Waals surface area contributed by atoms with E-state index in [4.69, 9.17) is 0 Å². The van der Waals surface area contributed by atoms with Crippen molar-refractivity contribution < 1.29 is 4.79 Å². The van der Waals surface area contributed by atoms with Crippen molar-refractivity contribution in [3.8, 4) is 11.1 Å². The molecule has 1 aromatic heterocycles. The van der Waals surface area contributed by atoms with Crippen LogP contribution in [0.2, 0.25) is 0 Å². The Morgan fingerprint density at radius 3 is 2.59 bits per heavy atom. The fourth-order valence-corrected chi connectivity index (χ4v) is 3.36. The summed E-state index contributed by atoms with van der Waals surface area (Å²) in [5.74, 6) is -0.0168. The molecule has 5 nitrogen and oxygen atoms in total. The summed E-state index contributed by atoms with van der Waals surface area (Å²) in [5.41, 5.74) is 5.53. The second-order valence-electron chi connectivity index (χ2n) is 6.30. The minimum atomic E-state index is -0.391. The molecule has 22 heavy (non-hydrogen) atoms. The van der Waals surface area contributed by atoms with E-state index in [1.54, 1.807) is 0 Å².